The van der Waals surface area contributed by atoms with E-state index >= 15 is 0 Å². The summed E-state index contributed by atoms with van der Waals surface area (Å²) in [5, 5.41) is 12.6. The lowest BCUT2D eigenvalue weighted by Gasteiger charge is -2.14. The van der Waals surface area contributed by atoms with Crippen LogP contribution in [-0.2, 0) is 0 Å². The number of aliphatic hydroxyl groups is 1. The van der Waals surface area contributed by atoms with E-state index in [1.807, 2.05) is 0 Å². The van der Waals surface area contributed by atoms with E-state index in [2.05, 4.69) is 11.2 Å². The molecule has 1 aliphatic rings. The zero-order valence-corrected chi connectivity index (χ0v) is 6.71. The molecule has 1 rings (SSSR count). The van der Waals surface area contributed by atoms with Gasteiger partial charge in [-0.05, 0) is 19.3 Å². The number of aliphatic hydroxyl groups excluding tert-OH is 1. The molecule has 0 aromatic carbocycles. The molecule has 0 aliphatic heterocycles. The van der Waals surface area contributed by atoms with Crippen LogP contribution in [0.3, 0.4) is 0 Å². The molecule has 1 fully saturated rings. The van der Waals surface area contributed by atoms with Crippen molar-refractivity contribution in [2.75, 3.05) is 6.54 Å². The van der Waals surface area contributed by atoms with E-state index in [0.717, 1.165) is 32.2 Å². The van der Waals surface area contributed by atoms with Crippen molar-refractivity contribution >= 4 is 0 Å². The van der Waals surface area contributed by atoms with Crippen LogP contribution in [0.4, 0.5) is 0 Å². The van der Waals surface area contributed by atoms with Crippen molar-refractivity contribution in [3.8, 4) is 12.3 Å². The summed E-state index contributed by atoms with van der Waals surface area (Å²) in [6, 6.07) is 0.295. The summed E-state index contributed by atoms with van der Waals surface area (Å²) in [5.41, 5.74) is 0. The minimum absolute atomic E-state index is 0.146. The summed E-state index contributed by atoms with van der Waals surface area (Å²) in [6.07, 6.45) is 8.86. The minimum Gasteiger partial charge on any atom is -0.392 e. The van der Waals surface area contributed by atoms with Crippen molar-refractivity contribution in [1.29, 1.82) is 0 Å². The fraction of sp³-hybridized carbons (Fsp3) is 0.778. The number of hydrogen-bond donors (Lipinski definition) is 2. The van der Waals surface area contributed by atoms with Crippen LogP contribution in [0.5, 0.6) is 0 Å². The Kier molecular flexibility index (Phi) is 3.41. The second-order valence-corrected chi connectivity index (χ2v) is 3.01. The second kappa shape index (κ2) is 4.38. The fourth-order valence-corrected chi connectivity index (χ4v) is 1.51. The third kappa shape index (κ3) is 2.53. The van der Waals surface area contributed by atoms with Gasteiger partial charge in [0, 0.05) is 19.0 Å². The Labute approximate surface area is 68.0 Å². The molecule has 0 amide bonds. The molecule has 62 valence electrons. The number of hydrogen-bond acceptors (Lipinski definition) is 2. The first-order chi connectivity index (χ1) is 5.34. The van der Waals surface area contributed by atoms with E-state index in [1.165, 1.54) is 0 Å². The quantitative estimate of drug-likeness (QED) is 0.457. The predicted molar refractivity (Wildman–Crippen MR) is 45.1 cm³/mol. The molecule has 0 aromatic rings. The Morgan fingerprint density at radius 2 is 2.36 bits per heavy atom. The van der Waals surface area contributed by atoms with Gasteiger partial charge in [0.1, 0.15) is 0 Å². The molecule has 0 radical (unpaired) electrons. The Hall–Kier alpha value is -0.520. The molecule has 2 heteroatoms. The van der Waals surface area contributed by atoms with Crippen LogP contribution in [-0.4, -0.2) is 23.8 Å². The summed E-state index contributed by atoms with van der Waals surface area (Å²) in [4.78, 5) is 0. The molecular weight excluding hydrogens is 138 g/mol. The first kappa shape index (κ1) is 8.58. The lowest BCUT2D eigenvalue weighted by atomic mass is 10.2. The van der Waals surface area contributed by atoms with Gasteiger partial charge in [0.2, 0.25) is 0 Å². The van der Waals surface area contributed by atoms with Gasteiger partial charge < -0.3 is 10.4 Å². The molecule has 0 heterocycles. The lowest BCUT2D eigenvalue weighted by Crippen LogP contribution is -2.35. The molecule has 2 unspecified atom stereocenters. The van der Waals surface area contributed by atoms with E-state index in [9.17, 15) is 5.11 Å². The lowest BCUT2D eigenvalue weighted by molar-refractivity contribution is 0.150. The Balaban J connectivity index is 2.11. The minimum atomic E-state index is -0.146. The largest absolute Gasteiger partial charge is 0.392 e. The normalized spacial score (nSPS) is 30.2. The fourth-order valence-electron chi connectivity index (χ4n) is 1.51. The first-order valence-corrected chi connectivity index (χ1v) is 4.19. The standard InChI is InChI=1S/C9H15NO/c1-2-3-7-10-8-5-4-6-9(8)11/h1,8-11H,3-7H2. The maximum atomic E-state index is 9.37. The smallest absolute Gasteiger partial charge is 0.0693 e. The molecule has 2 nitrogen and oxygen atoms in total. The molecular formula is C9H15NO. The average molecular weight is 153 g/mol. The zero-order valence-electron chi connectivity index (χ0n) is 6.71. The molecule has 0 spiro atoms. The number of nitrogens with one attached hydrogen (secondary N) is 1. The third-order valence-electron chi connectivity index (χ3n) is 2.16. The Bertz CT molecular complexity index is 150. The predicted octanol–water partition coefficient (Wildman–Crippen LogP) is 0.513. The molecule has 1 aliphatic carbocycles. The summed E-state index contributed by atoms with van der Waals surface area (Å²) < 4.78 is 0. The van der Waals surface area contributed by atoms with Crippen molar-refractivity contribution in [3.63, 3.8) is 0 Å². The Morgan fingerprint density at radius 3 is 2.91 bits per heavy atom. The topological polar surface area (TPSA) is 32.3 Å². The van der Waals surface area contributed by atoms with Crippen molar-refractivity contribution in [2.45, 2.75) is 37.8 Å². The summed E-state index contributed by atoms with van der Waals surface area (Å²) in [6.45, 7) is 0.832. The highest BCUT2D eigenvalue weighted by atomic mass is 16.3. The van der Waals surface area contributed by atoms with Crippen molar-refractivity contribution in [2.24, 2.45) is 0 Å². The monoisotopic (exact) mass is 153 g/mol. The number of rotatable bonds is 3. The summed E-state index contributed by atoms with van der Waals surface area (Å²) >= 11 is 0. The maximum absolute atomic E-state index is 9.37. The molecule has 11 heavy (non-hydrogen) atoms. The van der Waals surface area contributed by atoms with E-state index in [4.69, 9.17) is 6.42 Å². The van der Waals surface area contributed by atoms with Gasteiger partial charge in [0.15, 0.2) is 0 Å². The van der Waals surface area contributed by atoms with Crippen LogP contribution >= 0.6 is 0 Å². The third-order valence-corrected chi connectivity index (χ3v) is 2.16. The zero-order chi connectivity index (χ0) is 8.10. The van der Waals surface area contributed by atoms with Crippen LogP contribution in [0, 0.1) is 12.3 Å². The van der Waals surface area contributed by atoms with Gasteiger partial charge in [-0.2, -0.15) is 0 Å². The highest BCUT2D eigenvalue weighted by Crippen LogP contribution is 2.18. The summed E-state index contributed by atoms with van der Waals surface area (Å²) in [5.74, 6) is 2.56. The van der Waals surface area contributed by atoms with Gasteiger partial charge in [-0.15, -0.1) is 12.3 Å². The van der Waals surface area contributed by atoms with E-state index in [1.54, 1.807) is 0 Å². The SMILES string of the molecule is C#CCCNC1CCCC1O. The van der Waals surface area contributed by atoms with Gasteiger partial charge in [-0.25, -0.2) is 0 Å². The van der Waals surface area contributed by atoms with Crippen LogP contribution in [0.1, 0.15) is 25.7 Å². The van der Waals surface area contributed by atoms with Gasteiger partial charge in [0.25, 0.3) is 0 Å². The van der Waals surface area contributed by atoms with Crippen LogP contribution in [0.2, 0.25) is 0 Å². The van der Waals surface area contributed by atoms with Gasteiger partial charge in [-0.1, -0.05) is 0 Å². The molecule has 0 bridgehead atoms. The maximum Gasteiger partial charge on any atom is 0.0693 e. The first-order valence-electron chi connectivity index (χ1n) is 4.19. The molecule has 0 aromatic heterocycles. The molecule has 2 atom stereocenters. The van der Waals surface area contributed by atoms with Gasteiger partial charge in [-0.3, -0.25) is 0 Å². The highest BCUT2D eigenvalue weighted by Gasteiger charge is 2.23. The van der Waals surface area contributed by atoms with Crippen molar-refractivity contribution in [1.82, 2.24) is 5.32 Å². The van der Waals surface area contributed by atoms with Crippen LogP contribution < -0.4 is 5.32 Å². The molecule has 0 saturated heterocycles. The molecule has 2 N–H and O–H groups in total. The molecule has 1 saturated carbocycles. The summed E-state index contributed by atoms with van der Waals surface area (Å²) in [7, 11) is 0. The average Bonchev–Trinajstić information content (AvgIpc) is 2.37. The Morgan fingerprint density at radius 1 is 1.55 bits per heavy atom. The highest BCUT2D eigenvalue weighted by molar-refractivity contribution is 4.87. The van der Waals surface area contributed by atoms with E-state index in [0.29, 0.717) is 6.04 Å². The van der Waals surface area contributed by atoms with Crippen molar-refractivity contribution in [3.05, 3.63) is 0 Å². The van der Waals surface area contributed by atoms with E-state index < -0.39 is 0 Å². The van der Waals surface area contributed by atoms with Crippen LogP contribution in [0.25, 0.3) is 0 Å². The number of terminal acetylenes is 1. The second-order valence-electron chi connectivity index (χ2n) is 3.01. The van der Waals surface area contributed by atoms with Gasteiger partial charge >= 0.3 is 0 Å². The van der Waals surface area contributed by atoms with Gasteiger partial charge in [0.05, 0.1) is 6.10 Å². The van der Waals surface area contributed by atoms with E-state index in [-0.39, 0.29) is 6.10 Å². The van der Waals surface area contributed by atoms with Crippen molar-refractivity contribution < 1.29 is 5.11 Å². The van der Waals surface area contributed by atoms with Crippen LogP contribution in [0.15, 0.2) is 0 Å².